The van der Waals surface area contributed by atoms with Gasteiger partial charge in [-0.1, -0.05) is 53.5 Å². The van der Waals surface area contributed by atoms with Gasteiger partial charge in [-0.2, -0.15) is 10.1 Å². The average Bonchev–Trinajstić information content (AvgIpc) is 3.10. The van der Waals surface area contributed by atoms with Crippen molar-refractivity contribution in [3.63, 3.8) is 0 Å². The van der Waals surface area contributed by atoms with E-state index in [0.717, 1.165) is 28.4 Å². The summed E-state index contributed by atoms with van der Waals surface area (Å²) >= 11 is 12.1. The lowest BCUT2D eigenvalue weighted by Crippen LogP contribution is -2.25. The van der Waals surface area contributed by atoms with Gasteiger partial charge < -0.3 is 4.74 Å². The summed E-state index contributed by atoms with van der Waals surface area (Å²) in [5, 5.41) is 16.6. The standard InChI is InChI=1S/C23H17Cl2N5O/c1-15-26-27-23-29(14-31-19-12-10-18(25)11-13-19)28-22(16-6-8-17(24)9-7-16)20-4-2-3-5-21(20)30(15)23/h2-13H,14H2,1H3. The molecule has 4 aromatic rings. The Morgan fingerprint density at radius 1 is 0.839 bits per heavy atom. The zero-order valence-electron chi connectivity index (χ0n) is 16.5. The van der Waals surface area contributed by atoms with Crippen molar-refractivity contribution in [2.45, 2.75) is 6.92 Å². The summed E-state index contributed by atoms with van der Waals surface area (Å²) in [5.41, 5.74) is 3.63. The van der Waals surface area contributed by atoms with E-state index in [2.05, 4.69) is 10.2 Å². The molecule has 0 saturated carbocycles. The molecule has 1 aliphatic heterocycles. The van der Waals surface area contributed by atoms with E-state index in [1.807, 2.05) is 72.2 Å². The lowest BCUT2D eigenvalue weighted by Gasteiger charge is -2.18. The molecule has 0 radical (unpaired) electrons. The number of anilines is 1. The van der Waals surface area contributed by atoms with Crippen LogP contribution in [0.4, 0.5) is 5.95 Å². The summed E-state index contributed by atoms with van der Waals surface area (Å²) in [6, 6.07) is 22.9. The van der Waals surface area contributed by atoms with E-state index in [4.69, 9.17) is 33.0 Å². The molecule has 0 N–H and O–H groups in total. The van der Waals surface area contributed by atoms with Crippen molar-refractivity contribution in [2.75, 3.05) is 11.7 Å². The number of fused-ring (bicyclic) bond motifs is 3. The minimum Gasteiger partial charge on any atom is -0.471 e. The first-order valence-electron chi connectivity index (χ1n) is 9.62. The van der Waals surface area contributed by atoms with Crippen molar-refractivity contribution in [1.82, 2.24) is 14.8 Å². The van der Waals surface area contributed by atoms with E-state index < -0.39 is 0 Å². The van der Waals surface area contributed by atoms with Crippen LogP contribution in [0, 0.1) is 6.92 Å². The molecule has 0 amide bonds. The van der Waals surface area contributed by atoms with Gasteiger partial charge in [0.15, 0.2) is 6.73 Å². The molecule has 6 nitrogen and oxygen atoms in total. The van der Waals surface area contributed by atoms with E-state index in [1.165, 1.54) is 0 Å². The van der Waals surface area contributed by atoms with Crippen LogP contribution in [-0.2, 0) is 0 Å². The Bertz CT molecular complexity index is 1270. The molecule has 3 aromatic carbocycles. The second-order valence-corrected chi connectivity index (χ2v) is 7.86. The zero-order valence-corrected chi connectivity index (χ0v) is 18.0. The number of hydrogen-bond donors (Lipinski definition) is 0. The first kappa shape index (κ1) is 19.6. The van der Waals surface area contributed by atoms with E-state index in [9.17, 15) is 0 Å². The minimum atomic E-state index is 0.144. The van der Waals surface area contributed by atoms with Crippen LogP contribution < -0.4 is 9.75 Å². The summed E-state index contributed by atoms with van der Waals surface area (Å²) in [7, 11) is 0. The number of ether oxygens (including phenoxy) is 1. The Labute approximate surface area is 189 Å². The first-order valence-corrected chi connectivity index (χ1v) is 10.4. The van der Waals surface area contributed by atoms with Crippen molar-refractivity contribution >= 4 is 34.9 Å². The molecule has 0 bridgehead atoms. The Hall–Kier alpha value is -3.35. The number of aryl methyl sites for hydroxylation is 1. The lowest BCUT2D eigenvalue weighted by atomic mass is 10.0. The van der Waals surface area contributed by atoms with Gasteiger partial charge in [-0.15, -0.1) is 10.2 Å². The third kappa shape index (κ3) is 3.76. The van der Waals surface area contributed by atoms with Gasteiger partial charge in [-0.3, -0.25) is 4.57 Å². The number of hydrogen-bond acceptors (Lipinski definition) is 5. The summed E-state index contributed by atoms with van der Waals surface area (Å²) in [5.74, 6) is 2.01. The van der Waals surface area contributed by atoms with Gasteiger partial charge in [0.05, 0.1) is 5.69 Å². The third-order valence-electron chi connectivity index (χ3n) is 4.94. The predicted octanol–water partition coefficient (Wildman–Crippen LogP) is 5.49. The quantitative estimate of drug-likeness (QED) is 0.413. The molecule has 0 unspecified atom stereocenters. The van der Waals surface area contributed by atoms with E-state index >= 15 is 0 Å². The van der Waals surface area contributed by atoms with Crippen molar-refractivity contribution in [3.8, 4) is 11.4 Å². The highest BCUT2D eigenvalue weighted by molar-refractivity contribution is 6.31. The molecule has 0 aliphatic carbocycles. The molecular weight excluding hydrogens is 433 g/mol. The molecule has 0 saturated heterocycles. The maximum Gasteiger partial charge on any atom is 0.255 e. The van der Waals surface area contributed by atoms with Crippen molar-refractivity contribution in [2.24, 2.45) is 5.10 Å². The fraction of sp³-hybridized carbons (Fsp3) is 0.0870. The maximum absolute atomic E-state index is 6.11. The summed E-state index contributed by atoms with van der Waals surface area (Å²) in [6.45, 7) is 2.06. The number of aromatic nitrogens is 3. The smallest absolute Gasteiger partial charge is 0.255 e. The fourth-order valence-electron chi connectivity index (χ4n) is 3.46. The highest BCUT2D eigenvalue weighted by Crippen LogP contribution is 2.30. The molecule has 1 aromatic heterocycles. The van der Waals surface area contributed by atoms with Gasteiger partial charge in [0.25, 0.3) is 5.95 Å². The monoisotopic (exact) mass is 449 g/mol. The highest BCUT2D eigenvalue weighted by atomic mass is 35.5. The Morgan fingerprint density at radius 2 is 1.52 bits per heavy atom. The number of hydrazone groups is 1. The normalized spacial score (nSPS) is 12.6. The molecule has 5 rings (SSSR count). The summed E-state index contributed by atoms with van der Waals surface area (Å²) in [4.78, 5) is 0. The molecule has 2 heterocycles. The molecular formula is C23H17Cl2N5O. The van der Waals surface area contributed by atoms with Gasteiger partial charge in [0, 0.05) is 21.2 Å². The SMILES string of the molecule is Cc1nnc2n1-c1ccccc1C(c1ccc(Cl)cc1)=NN2COc1ccc(Cl)cc1. The maximum atomic E-state index is 6.11. The highest BCUT2D eigenvalue weighted by Gasteiger charge is 2.26. The third-order valence-corrected chi connectivity index (χ3v) is 5.45. The van der Waals surface area contributed by atoms with Crippen LogP contribution in [0.5, 0.6) is 5.75 Å². The van der Waals surface area contributed by atoms with Crippen molar-refractivity contribution in [1.29, 1.82) is 0 Å². The molecule has 1 aliphatic rings. The van der Waals surface area contributed by atoms with Crippen LogP contribution in [0.15, 0.2) is 77.9 Å². The van der Waals surface area contributed by atoms with Crippen LogP contribution >= 0.6 is 23.2 Å². The largest absolute Gasteiger partial charge is 0.471 e. The van der Waals surface area contributed by atoms with Crippen molar-refractivity contribution < 1.29 is 4.74 Å². The Morgan fingerprint density at radius 3 is 2.26 bits per heavy atom. The topological polar surface area (TPSA) is 55.5 Å². The summed E-state index contributed by atoms with van der Waals surface area (Å²) < 4.78 is 7.96. The molecule has 154 valence electrons. The fourth-order valence-corrected chi connectivity index (χ4v) is 3.71. The van der Waals surface area contributed by atoms with Crippen LogP contribution in [0.25, 0.3) is 5.69 Å². The zero-order chi connectivity index (χ0) is 21.4. The minimum absolute atomic E-state index is 0.144. The first-order chi connectivity index (χ1) is 15.1. The van der Waals surface area contributed by atoms with Crippen LogP contribution in [0.1, 0.15) is 17.0 Å². The van der Waals surface area contributed by atoms with Crippen molar-refractivity contribution in [3.05, 3.63) is 99.8 Å². The summed E-state index contributed by atoms with van der Waals surface area (Å²) in [6.07, 6.45) is 0. The van der Waals surface area contributed by atoms with Gasteiger partial charge in [0.2, 0.25) is 0 Å². The van der Waals surface area contributed by atoms with E-state index in [-0.39, 0.29) is 6.73 Å². The van der Waals surface area contributed by atoms with E-state index in [1.54, 1.807) is 17.1 Å². The van der Waals surface area contributed by atoms with Crippen LogP contribution in [0.2, 0.25) is 10.0 Å². The van der Waals surface area contributed by atoms with Gasteiger partial charge in [-0.05, 0) is 49.4 Å². The second kappa shape index (κ2) is 8.06. The number of para-hydroxylation sites is 1. The lowest BCUT2D eigenvalue weighted by molar-refractivity contribution is 0.312. The van der Waals surface area contributed by atoms with E-state index in [0.29, 0.717) is 21.7 Å². The van der Waals surface area contributed by atoms with Crippen LogP contribution in [0.3, 0.4) is 0 Å². The predicted molar refractivity (Wildman–Crippen MR) is 123 cm³/mol. The molecule has 31 heavy (non-hydrogen) atoms. The number of nitrogens with zero attached hydrogens (tertiary/aromatic N) is 5. The van der Waals surface area contributed by atoms with Crippen LogP contribution in [-0.4, -0.2) is 27.2 Å². The Balaban J connectivity index is 1.62. The number of benzene rings is 3. The van der Waals surface area contributed by atoms with Gasteiger partial charge in [0.1, 0.15) is 17.3 Å². The molecule has 8 heteroatoms. The average molecular weight is 450 g/mol. The Kier molecular flexibility index (Phi) is 5.10. The van der Waals surface area contributed by atoms with Gasteiger partial charge >= 0.3 is 0 Å². The number of rotatable bonds is 4. The number of halogens is 2. The second-order valence-electron chi connectivity index (χ2n) is 6.98. The molecule has 0 spiro atoms. The van der Waals surface area contributed by atoms with Gasteiger partial charge in [-0.25, -0.2) is 0 Å². The molecule has 0 atom stereocenters. The molecule has 0 fully saturated rings.